The average Bonchev–Trinajstić information content (AvgIpc) is 2.01. The summed E-state index contributed by atoms with van der Waals surface area (Å²) in [5.41, 5.74) is 0.365. The van der Waals surface area contributed by atoms with Gasteiger partial charge in [-0.1, -0.05) is 39.7 Å². The molecule has 1 aliphatic rings. The molecule has 1 aliphatic carbocycles. The highest BCUT2D eigenvalue weighted by Gasteiger charge is 2.34. The van der Waals surface area contributed by atoms with Crippen molar-refractivity contribution in [2.24, 2.45) is 17.3 Å². The first-order chi connectivity index (χ1) is 6.43. The molecule has 2 unspecified atom stereocenters. The SMILES string of the molecule is CC(=O)C=CC1C(C)CCCC1(C)C. The van der Waals surface area contributed by atoms with Gasteiger partial charge in [0.15, 0.2) is 5.78 Å². The molecule has 1 heteroatoms. The quantitative estimate of drug-likeness (QED) is 0.614. The van der Waals surface area contributed by atoms with Crippen LogP contribution in [0, 0.1) is 17.3 Å². The molecule has 0 heterocycles. The number of carbonyl (C=O) groups excluding carboxylic acids is 1. The van der Waals surface area contributed by atoms with Gasteiger partial charge in [-0.15, -0.1) is 0 Å². The van der Waals surface area contributed by atoms with Gasteiger partial charge < -0.3 is 0 Å². The summed E-state index contributed by atoms with van der Waals surface area (Å²) < 4.78 is 0. The molecule has 0 aromatic rings. The summed E-state index contributed by atoms with van der Waals surface area (Å²) in [6.07, 6.45) is 7.79. The lowest BCUT2D eigenvalue weighted by Gasteiger charge is -2.41. The summed E-state index contributed by atoms with van der Waals surface area (Å²) in [4.78, 5) is 10.9. The van der Waals surface area contributed by atoms with Gasteiger partial charge in [0, 0.05) is 0 Å². The van der Waals surface area contributed by atoms with Gasteiger partial charge >= 0.3 is 0 Å². The van der Waals surface area contributed by atoms with Crippen LogP contribution in [0.3, 0.4) is 0 Å². The summed E-state index contributed by atoms with van der Waals surface area (Å²) in [7, 11) is 0. The molecule has 0 spiro atoms. The van der Waals surface area contributed by atoms with E-state index in [4.69, 9.17) is 0 Å². The van der Waals surface area contributed by atoms with E-state index in [9.17, 15) is 4.79 Å². The predicted octanol–water partition coefficient (Wildman–Crippen LogP) is 3.59. The predicted molar refractivity (Wildman–Crippen MR) is 60.1 cm³/mol. The molecular formula is C13H22O. The maximum Gasteiger partial charge on any atom is 0.152 e. The van der Waals surface area contributed by atoms with Crippen molar-refractivity contribution >= 4 is 5.78 Å². The molecule has 0 bridgehead atoms. The molecular weight excluding hydrogens is 172 g/mol. The number of ketones is 1. The molecule has 0 radical (unpaired) electrons. The largest absolute Gasteiger partial charge is 0.295 e. The Labute approximate surface area is 87.6 Å². The van der Waals surface area contributed by atoms with Crippen LogP contribution in [-0.4, -0.2) is 5.78 Å². The molecule has 1 saturated carbocycles. The van der Waals surface area contributed by atoms with Crippen LogP contribution in [0.25, 0.3) is 0 Å². The van der Waals surface area contributed by atoms with E-state index in [0.717, 1.165) is 0 Å². The van der Waals surface area contributed by atoms with Gasteiger partial charge in [-0.25, -0.2) is 0 Å². The van der Waals surface area contributed by atoms with E-state index in [-0.39, 0.29) is 5.78 Å². The lowest BCUT2D eigenvalue weighted by molar-refractivity contribution is -0.112. The van der Waals surface area contributed by atoms with Crippen molar-refractivity contribution in [1.82, 2.24) is 0 Å². The molecule has 2 atom stereocenters. The zero-order valence-corrected chi connectivity index (χ0v) is 9.84. The van der Waals surface area contributed by atoms with Crippen LogP contribution < -0.4 is 0 Å². The van der Waals surface area contributed by atoms with E-state index in [2.05, 4.69) is 26.8 Å². The number of carbonyl (C=O) groups is 1. The molecule has 0 saturated heterocycles. The van der Waals surface area contributed by atoms with Crippen LogP contribution in [0.15, 0.2) is 12.2 Å². The summed E-state index contributed by atoms with van der Waals surface area (Å²) in [5, 5.41) is 0. The van der Waals surface area contributed by atoms with Gasteiger partial charge in [0.25, 0.3) is 0 Å². The standard InChI is InChI=1S/C13H22O/c1-10-6-5-9-13(3,4)12(10)8-7-11(2)14/h7-8,10,12H,5-6,9H2,1-4H3. The molecule has 80 valence electrons. The van der Waals surface area contributed by atoms with E-state index in [1.807, 2.05) is 0 Å². The van der Waals surface area contributed by atoms with Gasteiger partial charge in [-0.3, -0.25) is 4.79 Å². The molecule has 14 heavy (non-hydrogen) atoms. The van der Waals surface area contributed by atoms with Crippen LogP contribution in [0.1, 0.15) is 47.0 Å². The second-order valence-corrected chi connectivity index (χ2v) is 5.35. The van der Waals surface area contributed by atoms with Crippen LogP contribution in [-0.2, 0) is 4.79 Å². The number of rotatable bonds is 2. The fourth-order valence-electron chi connectivity index (χ4n) is 2.69. The Balaban J connectivity index is 2.75. The zero-order valence-electron chi connectivity index (χ0n) is 9.84. The van der Waals surface area contributed by atoms with Gasteiger partial charge in [0.2, 0.25) is 0 Å². The van der Waals surface area contributed by atoms with E-state index >= 15 is 0 Å². The first-order valence-electron chi connectivity index (χ1n) is 5.62. The van der Waals surface area contributed by atoms with E-state index in [1.165, 1.54) is 19.3 Å². The van der Waals surface area contributed by atoms with Crippen molar-refractivity contribution in [3.05, 3.63) is 12.2 Å². The Kier molecular flexibility index (Phi) is 3.52. The van der Waals surface area contributed by atoms with Crippen molar-refractivity contribution < 1.29 is 4.79 Å². The monoisotopic (exact) mass is 194 g/mol. The Morgan fingerprint density at radius 2 is 2.07 bits per heavy atom. The first kappa shape index (κ1) is 11.5. The van der Waals surface area contributed by atoms with E-state index < -0.39 is 0 Å². The van der Waals surface area contributed by atoms with Gasteiger partial charge in [0.05, 0.1) is 0 Å². The maximum atomic E-state index is 10.9. The Bertz CT molecular complexity index is 238. The average molecular weight is 194 g/mol. The summed E-state index contributed by atoms with van der Waals surface area (Å²) in [5.74, 6) is 1.45. The molecule has 0 aliphatic heterocycles. The molecule has 1 nitrogen and oxygen atoms in total. The third-order valence-electron chi connectivity index (χ3n) is 3.53. The van der Waals surface area contributed by atoms with Crippen LogP contribution >= 0.6 is 0 Å². The van der Waals surface area contributed by atoms with Crippen molar-refractivity contribution in [3.8, 4) is 0 Å². The fraction of sp³-hybridized carbons (Fsp3) is 0.769. The highest BCUT2D eigenvalue weighted by atomic mass is 16.1. The van der Waals surface area contributed by atoms with Crippen molar-refractivity contribution in [1.29, 1.82) is 0 Å². The highest BCUT2D eigenvalue weighted by Crippen LogP contribution is 2.44. The van der Waals surface area contributed by atoms with Crippen molar-refractivity contribution in [2.45, 2.75) is 47.0 Å². The Morgan fingerprint density at radius 3 is 2.57 bits per heavy atom. The van der Waals surface area contributed by atoms with Gasteiger partial charge in [-0.2, -0.15) is 0 Å². The van der Waals surface area contributed by atoms with Gasteiger partial charge in [-0.05, 0) is 36.7 Å². The van der Waals surface area contributed by atoms with Crippen molar-refractivity contribution in [2.75, 3.05) is 0 Å². The summed E-state index contributed by atoms with van der Waals surface area (Å²) in [6.45, 7) is 8.56. The maximum absolute atomic E-state index is 10.9. The fourth-order valence-corrected chi connectivity index (χ4v) is 2.69. The highest BCUT2D eigenvalue weighted by molar-refractivity contribution is 5.87. The number of hydrogen-bond donors (Lipinski definition) is 0. The molecule has 0 aromatic heterocycles. The van der Waals surface area contributed by atoms with Crippen molar-refractivity contribution in [3.63, 3.8) is 0 Å². The minimum atomic E-state index is 0.165. The molecule has 0 amide bonds. The lowest BCUT2D eigenvalue weighted by atomic mass is 9.64. The molecule has 0 N–H and O–H groups in total. The van der Waals surface area contributed by atoms with Gasteiger partial charge in [0.1, 0.15) is 0 Å². The second kappa shape index (κ2) is 4.29. The van der Waals surface area contributed by atoms with E-state index in [0.29, 0.717) is 17.3 Å². The minimum Gasteiger partial charge on any atom is -0.295 e. The Hall–Kier alpha value is -0.590. The van der Waals surface area contributed by atoms with E-state index in [1.54, 1.807) is 13.0 Å². The number of hydrogen-bond acceptors (Lipinski definition) is 1. The third-order valence-corrected chi connectivity index (χ3v) is 3.53. The first-order valence-corrected chi connectivity index (χ1v) is 5.62. The Morgan fingerprint density at radius 1 is 1.43 bits per heavy atom. The normalized spacial score (nSPS) is 32.0. The number of allylic oxidation sites excluding steroid dienone is 2. The van der Waals surface area contributed by atoms with Crippen LogP contribution in [0.2, 0.25) is 0 Å². The molecule has 1 rings (SSSR count). The topological polar surface area (TPSA) is 17.1 Å². The van der Waals surface area contributed by atoms with Crippen LogP contribution in [0.5, 0.6) is 0 Å². The molecule has 1 fully saturated rings. The molecule has 0 aromatic carbocycles. The minimum absolute atomic E-state index is 0.165. The smallest absolute Gasteiger partial charge is 0.152 e. The third kappa shape index (κ3) is 2.70. The summed E-state index contributed by atoms with van der Waals surface area (Å²) in [6, 6.07) is 0. The second-order valence-electron chi connectivity index (χ2n) is 5.35. The summed E-state index contributed by atoms with van der Waals surface area (Å²) >= 11 is 0. The lowest BCUT2D eigenvalue weighted by Crippen LogP contribution is -2.32. The van der Waals surface area contributed by atoms with Crippen LogP contribution in [0.4, 0.5) is 0 Å². The zero-order chi connectivity index (χ0) is 10.8.